The highest BCUT2D eigenvalue weighted by molar-refractivity contribution is 7.89. The molecule has 1 atom stereocenters. The lowest BCUT2D eigenvalue weighted by Gasteiger charge is -2.26. The van der Waals surface area contributed by atoms with Crippen molar-refractivity contribution >= 4 is 10.0 Å². The van der Waals surface area contributed by atoms with Gasteiger partial charge in [0.15, 0.2) is 0 Å². The van der Waals surface area contributed by atoms with Gasteiger partial charge < -0.3 is 5.32 Å². The maximum Gasteiger partial charge on any atom is 0.238 e. The Kier molecular flexibility index (Phi) is 5.54. The first kappa shape index (κ1) is 19.8. The lowest BCUT2D eigenvalue weighted by molar-refractivity contribution is 0.459. The molecule has 0 radical (unpaired) electrons. The summed E-state index contributed by atoms with van der Waals surface area (Å²) in [5, 5.41) is 13.4. The van der Waals surface area contributed by atoms with E-state index in [0.717, 1.165) is 43.5 Å². The molecule has 29 heavy (non-hydrogen) atoms. The van der Waals surface area contributed by atoms with Gasteiger partial charge in [-0.05, 0) is 73.2 Å². The number of nitrogens with one attached hydrogen (secondary N) is 1. The summed E-state index contributed by atoms with van der Waals surface area (Å²) in [6, 6.07) is 13.7. The van der Waals surface area contributed by atoms with Gasteiger partial charge in [-0.3, -0.25) is 0 Å². The van der Waals surface area contributed by atoms with E-state index in [4.69, 9.17) is 5.14 Å². The third-order valence-corrected chi connectivity index (χ3v) is 6.44. The Morgan fingerprint density at radius 3 is 2.79 bits per heavy atom. The predicted molar refractivity (Wildman–Crippen MR) is 114 cm³/mol. The topological polar surface area (TPSA) is 90.0 Å². The van der Waals surface area contributed by atoms with Crippen LogP contribution in [0.2, 0.25) is 0 Å². The second-order valence-electron chi connectivity index (χ2n) is 7.55. The van der Waals surface area contributed by atoms with Crippen LogP contribution in [0.3, 0.4) is 0 Å². The van der Waals surface area contributed by atoms with Gasteiger partial charge in [-0.1, -0.05) is 25.1 Å². The molecule has 0 spiro atoms. The van der Waals surface area contributed by atoms with Crippen molar-refractivity contribution in [2.24, 2.45) is 5.14 Å². The molecule has 1 aliphatic carbocycles. The predicted octanol–water partition coefficient (Wildman–Crippen LogP) is 3.04. The molecule has 0 unspecified atom stereocenters. The number of rotatable bonds is 6. The summed E-state index contributed by atoms with van der Waals surface area (Å²) in [6.07, 6.45) is 7.72. The van der Waals surface area contributed by atoms with Crippen molar-refractivity contribution in [3.05, 3.63) is 66.0 Å². The fourth-order valence-electron chi connectivity index (χ4n) is 4.00. The first-order valence-electron chi connectivity index (χ1n) is 9.98. The Labute approximate surface area is 171 Å². The molecule has 0 saturated heterocycles. The molecule has 6 nitrogen and oxygen atoms in total. The summed E-state index contributed by atoms with van der Waals surface area (Å²) in [7, 11) is -3.85. The van der Waals surface area contributed by atoms with Gasteiger partial charge in [0.25, 0.3) is 0 Å². The van der Waals surface area contributed by atoms with Crippen molar-refractivity contribution in [3.63, 3.8) is 0 Å². The highest BCUT2D eigenvalue weighted by Crippen LogP contribution is 2.32. The van der Waals surface area contributed by atoms with Gasteiger partial charge in [-0.25, -0.2) is 18.2 Å². The number of nitrogens with zero attached hydrogens (tertiary/aromatic N) is 2. The summed E-state index contributed by atoms with van der Waals surface area (Å²) in [5.74, 6) is 0. The van der Waals surface area contributed by atoms with Gasteiger partial charge in [0.05, 0.1) is 10.6 Å². The number of primary sulfonamides is 1. The number of aromatic nitrogens is 2. The van der Waals surface area contributed by atoms with Gasteiger partial charge in [-0.15, -0.1) is 0 Å². The second-order valence-corrected chi connectivity index (χ2v) is 9.08. The van der Waals surface area contributed by atoms with Crippen LogP contribution >= 0.6 is 0 Å². The van der Waals surface area contributed by atoms with Crippen LogP contribution in [0, 0.1) is 0 Å². The molecule has 3 aromatic rings. The van der Waals surface area contributed by atoms with Crippen molar-refractivity contribution in [1.29, 1.82) is 0 Å². The zero-order chi connectivity index (χ0) is 20.4. The molecule has 1 aliphatic rings. The number of aryl methyl sites for hydroxylation is 1. The first-order valence-corrected chi connectivity index (χ1v) is 11.5. The Balaban J connectivity index is 1.73. The summed E-state index contributed by atoms with van der Waals surface area (Å²) >= 11 is 0. The Hall–Kier alpha value is -2.48. The SMILES string of the molecule is CCCN[C@H]1CCc2cc(-c3cc(-n4cccn4)ccc3S(N)(=O)=O)ccc2C1. The summed E-state index contributed by atoms with van der Waals surface area (Å²) in [5.41, 5.74) is 4.87. The summed E-state index contributed by atoms with van der Waals surface area (Å²) in [4.78, 5) is 0.131. The molecule has 1 heterocycles. The van der Waals surface area contributed by atoms with E-state index in [-0.39, 0.29) is 4.90 Å². The third-order valence-electron chi connectivity index (χ3n) is 5.47. The lowest BCUT2D eigenvalue weighted by atomic mass is 9.86. The van der Waals surface area contributed by atoms with Gasteiger partial charge in [0.1, 0.15) is 0 Å². The summed E-state index contributed by atoms with van der Waals surface area (Å²) < 4.78 is 26.1. The Morgan fingerprint density at radius 2 is 2.07 bits per heavy atom. The second kappa shape index (κ2) is 8.10. The normalized spacial score (nSPS) is 16.6. The number of fused-ring (bicyclic) bond motifs is 1. The molecule has 0 bridgehead atoms. The minimum Gasteiger partial charge on any atom is -0.314 e. The smallest absolute Gasteiger partial charge is 0.238 e. The highest BCUT2D eigenvalue weighted by atomic mass is 32.2. The molecule has 7 heteroatoms. The molecule has 1 aromatic heterocycles. The fourth-order valence-corrected chi connectivity index (χ4v) is 4.74. The quantitative estimate of drug-likeness (QED) is 0.654. The first-order chi connectivity index (χ1) is 14.0. The van der Waals surface area contributed by atoms with Crippen LogP contribution in [-0.4, -0.2) is 30.8 Å². The minimum atomic E-state index is -3.85. The Morgan fingerprint density at radius 1 is 1.21 bits per heavy atom. The van der Waals surface area contributed by atoms with Crippen LogP contribution in [-0.2, 0) is 22.9 Å². The number of benzene rings is 2. The van der Waals surface area contributed by atoms with Crippen LogP contribution in [0.1, 0.15) is 30.9 Å². The van der Waals surface area contributed by atoms with E-state index in [1.165, 1.54) is 11.1 Å². The zero-order valence-electron chi connectivity index (χ0n) is 16.5. The average Bonchev–Trinajstić information content (AvgIpc) is 3.25. The van der Waals surface area contributed by atoms with E-state index < -0.39 is 10.0 Å². The average molecular weight is 411 g/mol. The van der Waals surface area contributed by atoms with Crippen LogP contribution in [0.25, 0.3) is 16.8 Å². The van der Waals surface area contributed by atoms with Crippen LogP contribution in [0.15, 0.2) is 59.8 Å². The van der Waals surface area contributed by atoms with E-state index in [1.807, 2.05) is 24.4 Å². The number of hydrogen-bond acceptors (Lipinski definition) is 4. The highest BCUT2D eigenvalue weighted by Gasteiger charge is 2.21. The maximum absolute atomic E-state index is 12.2. The summed E-state index contributed by atoms with van der Waals surface area (Å²) in [6.45, 7) is 3.21. The van der Waals surface area contributed by atoms with E-state index in [1.54, 1.807) is 23.0 Å². The van der Waals surface area contributed by atoms with Gasteiger partial charge in [-0.2, -0.15) is 5.10 Å². The van der Waals surface area contributed by atoms with Crippen molar-refractivity contribution in [2.75, 3.05) is 6.54 Å². The maximum atomic E-state index is 12.2. The molecule has 0 fully saturated rings. The van der Waals surface area contributed by atoms with Crippen molar-refractivity contribution in [2.45, 2.75) is 43.5 Å². The number of sulfonamides is 1. The van der Waals surface area contributed by atoms with E-state index in [0.29, 0.717) is 11.6 Å². The van der Waals surface area contributed by atoms with Crippen molar-refractivity contribution in [1.82, 2.24) is 15.1 Å². The van der Waals surface area contributed by atoms with Crippen LogP contribution in [0.4, 0.5) is 0 Å². The fraction of sp³-hybridized carbons (Fsp3) is 0.318. The molecular weight excluding hydrogens is 384 g/mol. The largest absolute Gasteiger partial charge is 0.314 e. The van der Waals surface area contributed by atoms with E-state index in [9.17, 15) is 8.42 Å². The molecule has 4 rings (SSSR count). The lowest BCUT2D eigenvalue weighted by Crippen LogP contribution is -2.34. The Bertz CT molecular complexity index is 1110. The zero-order valence-corrected chi connectivity index (χ0v) is 17.3. The number of nitrogens with two attached hydrogens (primary N) is 1. The molecular formula is C22H26N4O2S. The number of hydrogen-bond donors (Lipinski definition) is 2. The standard InChI is InChI=1S/C22H26N4O2S/c1-2-10-24-19-7-6-16-13-18(5-4-17(16)14-19)21-15-20(26-12-3-11-25-26)8-9-22(21)29(23,27)28/h3-5,8-9,11-13,15,19,24H,2,6-7,10,14H2,1H3,(H2,23,27,28)/t19-/m0/s1. The van der Waals surface area contributed by atoms with Gasteiger partial charge in [0, 0.05) is 24.0 Å². The van der Waals surface area contributed by atoms with Crippen LogP contribution in [0.5, 0.6) is 0 Å². The molecule has 0 saturated carbocycles. The van der Waals surface area contributed by atoms with Crippen LogP contribution < -0.4 is 10.5 Å². The molecule has 152 valence electrons. The van der Waals surface area contributed by atoms with Gasteiger partial charge >= 0.3 is 0 Å². The van der Waals surface area contributed by atoms with E-state index >= 15 is 0 Å². The van der Waals surface area contributed by atoms with E-state index in [2.05, 4.69) is 29.5 Å². The van der Waals surface area contributed by atoms with Crippen molar-refractivity contribution in [3.8, 4) is 16.8 Å². The molecule has 0 amide bonds. The van der Waals surface area contributed by atoms with Crippen molar-refractivity contribution < 1.29 is 8.42 Å². The minimum absolute atomic E-state index is 0.131. The molecule has 0 aliphatic heterocycles. The third kappa shape index (κ3) is 4.27. The van der Waals surface area contributed by atoms with Gasteiger partial charge in [0.2, 0.25) is 10.0 Å². The molecule has 2 aromatic carbocycles. The molecule has 3 N–H and O–H groups in total. The monoisotopic (exact) mass is 410 g/mol.